The van der Waals surface area contributed by atoms with E-state index in [-0.39, 0.29) is 28.9 Å². The van der Waals surface area contributed by atoms with Gasteiger partial charge in [0.05, 0.1) is 33.1 Å². The van der Waals surface area contributed by atoms with Crippen molar-refractivity contribution in [2.45, 2.75) is 25.0 Å². The summed E-state index contributed by atoms with van der Waals surface area (Å²) >= 11 is 0.727. The molecule has 12 nitrogen and oxygen atoms in total. The average Bonchev–Trinajstić information content (AvgIpc) is 3.63. The van der Waals surface area contributed by atoms with Crippen LogP contribution in [0.4, 0.5) is 11.4 Å². The third kappa shape index (κ3) is 5.95. The minimum absolute atomic E-state index is 0.0398. The van der Waals surface area contributed by atoms with Crippen molar-refractivity contribution in [1.82, 2.24) is 9.69 Å². The summed E-state index contributed by atoms with van der Waals surface area (Å²) < 4.78 is 25.8. The molecule has 40 heavy (non-hydrogen) atoms. The fraction of sp³-hybridized carbons (Fsp3) is 0.333. The number of ether oxygens (including phenoxy) is 4. The Balaban J connectivity index is 1.85. The molecule has 1 aliphatic heterocycles. The van der Waals surface area contributed by atoms with Crippen molar-refractivity contribution in [2.24, 2.45) is 5.73 Å². The molecule has 0 spiro atoms. The van der Waals surface area contributed by atoms with E-state index < -0.39 is 23.8 Å². The van der Waals surface area contributed by atoms with E-state index in [2.05, 4.69) is 9.69 Å². The maximum atomic E-state index is 14.2. The van der Waals surface area contributed by atoms with Crippen LogP contribution in [-0.4, -0.2) is 62.7 Å². The van der Waals surface area contributed by atoms with Crippen molar-refractivity contribution in [3.05, 3.63) is 58.6 Å². The number of anilines is 2. The van der Waals surface area contributed by atoms with E-state index in [4.69, 9.17) is 30.4 Å². The summed E-state index contributed by atoms with van der Waals surface area (Å²) in [6, 6.07) is 10.4. The van der Waals surface area contributed by atoms with Gasteiger partial charge < -0.3 is 35.7 Å². The number of methoxy groups -OCH3 is 3. The zero-order valence-corrected chi connectivity index (χ0v) is 23.2. The van der Waals surface area contributed by atoms with Crippen LogP contribution in [0.2, 0.25) is 0 Å². The Hall–Kier alpha value is -4.36. The molecule has 0 unspecified atom stereocenters. The van der Waals surface area contributed by atoms with Crippen LogP contribution in [0.15, 0.2) is 42.5 Å². The number of nitrogens with one attached hydrogen (secondary N) is 1. The molecule has 212 valence electrons. The van der Waals surface area contributed by atoms with E-state index in [0.29, 0.717) is 35.1 Å². The summed E-state index contributed by atoms with van der Waals surface area (Å²) in [6.45, 7) is 0.894. The largest absolute Gasteiger partial charge is 0.497 e. The summed E-state index contributed by atoms with van der Waals surface area (Å²) in [7, 11) is 4.50. The lowest BCUT2D eigenvalue weighted by Gasteiger charge is -2.32. The summed E-state index contributed by atoms with van der Waals surface area (Å²) in [5, 5.41) is 2.93. The van der Waals surface area contributed by atoms with E-state index in [1.807, 2.05) is 0 Å². The molecule has 3 amide bonds. The predicted octanol–water partition coefficient (Wildman–Crippen LogP) is 2.53. The number of amides is 3. The first-order valence-electron chi connectivity index (χ1n) is 12.4. The highest BCUT2D eigenvalue weighted by Crippen LogP contribution is 2.37. The minimum atomic E-state index is -1.19. The normalized spacial score (nSPS) is 15.2. The number of hydrogen-bond donors (Lipinski definition) is 3. The molecule has 2 atom stereocenters. The number of aromatic nitrogens is 1. The standard InChI is InChI=1S/C27H31N5O7S/c1-36-17-9-7-16(8-10-17)32(27(35)24-21(28)22(25(29)33)31-40-24)23(26(34)30-14-18-5-4-12-39-18)15-6-11-19(37-2)20(13-15)38-3/h6-11,13,18,23H,4-5,12,14,28H2,1-3H3,(H2,29,33)(H,30,34)/t18-,23-/m1/s1. The fourth-order valence-corrected chi connectivity index (χ4v) is 5.16. The number of nitrogens with two attached hydrogens (primary N) is 2. The van der Waals surface area contributed by atoms with Gasteiger partial charge in [-0.25, -0.2) is 0 Å². The van der Waals surface area contributed by atoms with Crippen molar-refractivity contribution in [1.29, 1.82) is 0 Å². The van der Waals surface area contributed by atoms with Crippen LogP contribution in [0.5, 0.6) is 17.2 Å². The number of benzene rings is 2. The molecule has 1 aromatic heterocycles. The van der Waals surface area contributed by atoms with Gasteiger partial charge in [0, 0.05) is 18.8 Å². The van der Waals surface area contributed by atoms with Crippen LogP contribution in [0, 0.1) is 0 Å². The molecule has 2 heterocycles. The molecule has 2 aromatic carbocycles. The summed E-state index contributed by atoms with van der Waals surface area (Å²) in [4.78, 5) is 41.2. The molecule has 1 saturated heterocycles. The van der Waals surface area contributed by atoms with E-state index >= 15 is 0 Å². The second-order valence-electron chi connectivity index (χ2n) is 8.91. The van der Waals surface area contributed by atoms with Gasteiger partial charge in [-0.15, -0.1) is 0 Å². The summed E-state index contributed by atoms with van der Waals surface area (Å²) in [6.07, 6.45) is 1.59. The molecule has 5 N–H and O–H groups in total. The van der Waals surface area contributed by atoms with Crippen LogP contribution < -0.4 is 35.9 Å². The molecule has 0 bridgehead atoms. The van der Waals surface area contributed by atoms with Gasteiger partial charge in [-0.3, -0.25) is 19.3 Å². The minimum Gasteiger partial charge on any atom is -0.497 e. The molecule has 1 aliphatic rings. The predicted molar refractivity (Wildman–Crippen MR) is 149 cm³/mol. The Morgan fingerprint density at radius 2 is 1.82 bits per heavy atom. The Morgan fingerprint density at radius 3 is 2.40 bits per heavy atom. The van der Waals surface area contributed by atoms with Crippen molar-refractivity contribution < 1.29 is 33.3 Å². The lowest BCUT2D eigenvalue weighted by molar-refractivity contribution is -0.123. The quantitative estimate of drug-likeness (QED) is 0.314. The van der Waals surface area contributed by atoms with Crippen LogP contribution in [0.3, 0.4) is 0 Å². The summed E-state index contributed by atoms with van der Waals surface area (Å²) in [5.41, 5.74) is 11.9. The maximum Gasteiger partial charge on any atom is 0.273 e. The number of carbonyl (C=O) groups excluding carboxylic acids is 3. The van der Waals surface area contributed by atoms with Gasteiger partial charge in [-0.05, 0) is 66.3 Å². The first-order valence-corrected chi connectivity index (χ1v) is 13.2. The SMILES string of the molecule is COc1ccc(N(C(=O)c2snc(C(N)=O)c2N)[C@@H](C(=O)NC[C@H]2CCCO2)c2ccc(OC)c(OC)c2)cc1. The number of hydrogen-bond acceptors (Lipinski definition) is 10. The lowest BCUT2D eigenvalue weighted by Crippen LogP contribution is -2.45. The first-order chi connectivity index (χ1) is 19.3. The number of nitrogens with zero attached hydrogens (tertiary/aromatic N) is 2. The highest BCUT2D eigenvalue weighted by Gasteiger charge is 2.37. The van der Waals surface area contributed by atoms with Gasteiger partial charge >= 0.3 is 0 Å². The van der Waals surface area contributed by atoms with Crippen molar-refractivity contribution >= 4 is 40.6 Å². The van der Waals surface area contributed by atoms with Crippen LogP contribution in [0.25, 0.3) is 0 Å². The Kier molecular flexibility index (Phi) is 9.07. The number of rotatable bonds is 11. The first kappa shape index (κ1) is 28.6. The van der Waals surface area contributed by atoms with E-state index in [9.17, 15) is 14.4 Å². The van der Waals surface area contributed by atoms with Gasteiger partial charge in [-0.2, -0.15) is 4.37 Å². The van der Waals surface area contributed by atoms with Gasteiger partial charge in [0.15, 0.2) is 17.2 Å². The highest BCUT2D eigenvalue weighted by atomic mass is 32.1. The fourth-order valence-electron chi connectivity index (χ4n) is 4.42. The molecule has 1 fully saturated rings. The lowest BCUT2D eigenvalue weighted by atomic mass is 10.0. The van der Waals surface area contributed by atoms with Crippen molar-refractivity contribution in [2.75, 3.05) is 45.1 Å². The number of carbonyl (C=O) groups is 3. The molecule has 0 radical (unpaired) electrons. The number of nitrogen functional groups attached to an aromatic ring is 1. The molecule has 13 heteroatoms. The molecule has 0 aliphatic carbocycles. The summed E-state index contributed by atoms with van der Waals surface area (Å²) in [5.74, 6) is -0.619. The highest BCUT2D eigenvalue weighted by molar-refractivity contribution is 7.09. The van der Waals surface area contributed by atoms with E-state index in [1.165, 1.54) is 26.2 Å². The van der Waals surface area contributed by atoms with Crippen LogP contribution in [-0.2, 0) is 9.53 Å². The smallest absolute Gasteiger partial charge is 0.273 e. The van der Waals surface area contributed by atoms with Crippen LogP contribution >= 0.6 is 11.5 Å². The molecular weight excluding hydrogens is 538 g/mol. The Labute approximate surface area is 235 Å². The number of primary amides is 1. The van der Waals surface area contributed by atoms with Gasteiger partial charge in [0.2, 0.25) is 5.91 Å². The monoisotopic (exact) mass is 569 g/mol. The zero-order valence-electron chi connectivity index (χ0n) is 22.3. The van der Waals surface area contributed by atoms with Gasteiger partial charge in [0.25, 0.3) is 11.8 Å². The Morgan fingerprint density at radius 1 is 1.10 bits per heavy atom. The van der Waals surface area contributed by atoms with Crippen molar-refractivity contribution in [3.8, 4) is 17.2 Å². The topological polar surface area (TPSA) is 168 Å². The molecule has 3 aromatic rings. The maximum absolute atomic E-state index is 14.2. The van der Waals surface area contributed by atoms with E-state index in [0.717, 1.165) is 24.4 Å². The zero-order chi connectivity index (χ0) is 28.8. The second kappa shape index (κ2) is 12.7. The molecular formula is C27H31N5O7S. The van der Waals surface area contributed by atoms with Gasteiger partial charge in [0.1, 0.15) is 16.7 Å². The van der Waals surface area contributed by atoms with E-state index in [1.54, 1.807) is 42.5 Å². The molecule has 0 saturated carbocycles. The average molecular weight is 570 g/mol. The van der Waals surface area contributed by atoms with Crippen LogP contribution in [0.1, 0.15) is 44.6 Å². The third-order valence-electron chi connectivity index (χ3n) is 6.48. The molecule has 4 rings (SSSR count). The Bertz CT molecular complexity index is 1370. The second-order valence-corrected chi connectivity index (χ2v) is 9.68. The third-order valence-corrected chi connectivity index (χ3v) is 7.33. The van der Waals surface area contributed by atoms with Gasteiger partial charge in [-0.1, -0.05) is 6.07 Å². The van der Waals surface area contributed by atoms with Crippen molar-refractivity contribution in [3.63, 3.8) is 0 Å².